The number of hydrogen-bond donors (Lipinski definition) is 0. The van der Waals surface area contributed by atoms with Crippen LogP contribution in [0.15, 0.2) is 168 Å². The summed E-state index contributed by atoms with van der Waals surface area (Å²) in [4.78, 5) is 15.5. The van der Waals surface area contributed by atoms with E-state index in [9.17, 15) is 0 Å². The first-order valence-electron chi connectivity index (χ1n) is 17.7. The van der Waals surface area contributed by atoms with Gasteiger partial charge in [-0.3, -0.25) is 0 Å². The minimum absolute atomic E-state index is 0.249. The number of aromatic nitrogens is 3. The minimum Gasteiger partial charge on any atom is -0.455 e. The molecule has 2 heterocycles. The molecular formula is C47H33N3O. The van der Waals surface area contributed by atoms with Gasteiger partial charge in [0, 0.05) is 44.9 Å². The zero-order chi connectivity index (χ0) is 33.7. The van der Waals surface area contributed by atoms with E-state index in [1.807, 2.05) is 12.1 Å². The normalized spacial score (nSPS) is 18.0. The van der Waals surface area contributed by atoms with Gasteiger partial charge in [-0.15, -0.1) is 0 Å². The van der Waals surface area contributed by atoms with E-state index >= 15 is 0 Å². The summed E-state index contributed by atoms with van der Waals surface area (Å²) in [5, 5.41) is 4.38. The van der Waals surface area contributed by atoms with Gasteiger partial charge in [-0.1, -0.05) is 140 Å². The van der Waals surface area contributed by atoms with Crippen LogP contribution >= 0.6 is 0 Å². The average Bonchev–Trinajstić information content (AvgIpc) is 3.60. The third kappa shape index (κ3) is 5.19. The Balaban J connectivity index is 1.15. The molecule has 242 valence electrons. The second-order valence-corrected chi connectivity index (χ2v) is 13.4. The Bertz CT molecular complexity index is 2700. The van der Waals surface area contributed by atoms with Crippen LogP contribution < -0.4 is 0 Å². The van der Waals surface area contributed by atoms with E-state index < -0.39 is 0 Å². The molecule has 51 heavy (non-hydrogen) atoms. The van der Waals surface area contributed by atoms with E-state index in [0.717, 1.165) is 62.4 Å². The summed E-state index contributed by atoms with van der Waals surface area (Å²) < 4.78 is 6.73. The number of rotatable bonds is 5. The first kappa shape index (κ1) is 29.5. The molecule has 3 aliphatic carbocycles. The Morgan fingerprint density at radius 2 is 1.33 bits per heavy atom. The second-order valence-electron chi connectivity index (χ2n) is 13.4. The molecule has 5 aromatic carbocycles. The van der Waals surface area contributed by atoms with Gasteiger partial charge in [0.25, 0.3) is 0 Å². The van der Waals surface area contributed by atoms with Crippen LogP contribution in [0, 0.1) is 11.8 Å². The van der Waals surface area contributed by atoms with Crippen molar-refractivity contribution >= 4 is 43.9 Å². The van der Waals surface area contributed by atoms with Crippen molar-refractivity contribution in [3.8, 4) is 33.9 Å². The largest absolute Gasteiger partial charge is 0.455 e. The lowest BCUT2D eigenvalue weighted by molar-refractivity contribution is 0.657. The predicted molar refractivity (Wildman–Crippen MR) is 210 cm³/mol. The monoisotopic (exact) mass is 655 g/mol. The van der Waals surface area contributed by atoms with Crippen LogP contribution in [0.2, 0.25) is 0 Å². The summed E-state index contributed by atoms with van der Waals surface area (Å²) in [6.07, 6.45) is 24.1. The highest BCUT2D eigenvalue weighted by Gasteiger charge is 2.28. The van der Waals surface area contributed by atoms with E-state index in [-0.39, 0.29) is 5.92 Å². The van der Waals surface area contributed by atoms with Crippen molar-refractivity contribution in [2.24, 2.45) is 11.8 Å². The third-order valence-electron chi connectivity index (χ3n) is 10.3. The fourth-order valence-corrected chi connectivity index (χ4v) is 7.76. The van der Waals surface area contributed by atoms with Crippen molar-refractivity contribution in [3.05, 3.63) is 175 Å². The first-order chi connectivity index (χ1) is 25.3. The number of hydrogen-bond acceptors (Lipinski definition) is 4. The molecule has 7 aromatic rings. The van der Waals surface area contributed by atoms with Gasteiger partial charge in [-0.05, 0) is 64.6 Å². The molecule has 0 bridgehead atoms. The molecule has 2 atom stereocenters. The van der Waals surface area contributed by atoms with Gasteiger partial charge in [0.05, 0.1) is 0 Å². The molecule has 0 amide bonds. The maximum atomic E-state index is 6.73. The van der Waals surface area contributed by atoms with E-state index in [0.29, 0.717) is 23.4 Å². The molecule has 2 unspecified atom stereocenters. The second kappa shape index (κ2) is 12.2. The highest BCUT2D eigenvalue weighted by Crippen LogP contribution is 2.44. The minimum atomic E-state index is 0.249. The van der Waals surface area contributed by atoms with Crippen molar-refractivity contribution in [2.75, 3.05) is 0 Å². The Morgan fingerprint density at radius 3 is 2.22 bits per heavy atom. The fourth-order valence-electron chi connectivity index (χ4n) is 7.76. The number of fused-ring (bicyclic) bond motifs is 5. The van der Waals surface area contributed by atoms with E-state index in [2.05, 4.69) is 152 Å². The summed E-state index contributed by atoms with van der Waals surface area (Å²) in [5.74, 6) is 2.54. The lowest BCUT2D eigenvalue weighted by atomic mass is 9.76. The van der Waals surface area contributed by atoms with Crippen LogP contribution in [0.3, 0.4) is 0 Å². The van der Waals surface area contributed by atoms with Gasteiger partial charge < -0.3 is 4.42 Å². The van der Waals surface area contributed by atoms with Gasteiger partial charge in [0.1, 0.15) is 11.2 Å². The van der Waals surface area contributed by atoms with Crippen LogP contribution in [-0.4, -0.2) is 15.0 Å². The topological polar surface area (TPSA) is 51.8 Å². The molecule has 0 radical (unpaired) electrons. The summed E-state index contributed by atoms with van der Waals surface area (Å²) in [6, 6.07) is 36.3. The van der Waals surface area contributed by atoms with Crippen LogP contribution in [0.25, 0.3) is 77.8 Å². The van der Waals surface area contributed by atoms with E-state index in [1.165, 1.54) is 22.1 Å². The van der Waals surface area contributed by atoms with Crippen LogP contribution in [0.5, 0.6) is 0 Å². The quantitative estimate of drug-likeness (QED) is 0.185. The van der Waals surface area contributed by atoms with Crippen molar-refractivity contribution in [2.45, 2.75) is 12.8 Å². The fraction of sp³-hybridized carbons (Fsp3) is 0.0851. The molecule has 0 N–H and O–H groups in total. The Morgan fingerprint density at radius 1 is 0.588 bits per heavy atom. The highest BCUT2D eigenvalue weighted by atomic mass is 16.3. The summed E-state index contributed by atoms with van der Waals surface area (Å²) >= 11 is 0. The molecule has 10 rings (SSSR count). The number of para-hydroxylation sites is 1. The smallest absolute Gasteiger partial charge is 0.164 e. The van der Waals surface area contributed by atoms with Gasteiger partial charge in [0.2, 0.25) is 0 Å². The van der Waals surface area contributed by atoms with Crippen LogP contribution in [-0.2, 0) is 0 Å². The molecule has 4 nitrogen and oxygen atoms in total. The SMILES string of the molecule is C1=CC2C=CC=C(c3ccc(-c4nc(C5=CCCC=C5)nc(-c5ccc6cc(-c7ccccc7)ccc6c5)n4)c4c3oc3ccccc34)C2C=C1. The average molecular weight is 656 g/mol. The molecule has 0 fully saturated rings. The van der Waals surface area contributed by atoms with Gasteiger partial charge in [0.15, 0.2) is 17.5 Å². The zero-order valence-corrected chi connectivity index (χ0v) is 27.9. The van der Waals surface area contributed by atoms with Gasteiger partial charge in [-0.2, -0.15) is 0 Å². The zero-order valence-electron chi connectivity index (χ0n) is 27.9. The number of benzene rings is 5. The lowest BCUT2D eigenvalue weighted by Crippen LogP contribution is -2.15. The molecule has 0 saturated carbocycles. The molecule has 4 heteroatoms. The molecular weight excluding hydrogens is 623 g/mol. The highest BCUT2D eigenvalue weighted by molar-refractivity contribution is 6.14. The van der Waals surface area contributed by atoms with Crippen molar-refractivity contribution in [1.29, 1.82) is 0 Å². The molecule has 0 aliphatic heterocycles. The number of furan rings is 1. The number of allylic oxidation sites excluding steroid dienone is 12. The van der Waals surface area contributed by atoms with E-state index in [4.69, 9.17) is 19.4 Å². The Labute approximate surface area is 296 Å². The van der Waals surface area contributed by atoms with Crippen molar-refractivity contribution in [3.63, 3.8) is 0 Å². The number of nitrogens with zero attached hydrogens (tertiary/aromatic N) is 3. The Hall–Kier alpha value is -6.39. The standard InChI is InChI=1S/C47H33N3O/c1-3-12-30(13-4-1)33-22-23-35-29-36(25-24-34(35)28-33)46-48-45(32-15-5-2-6-16-32)49-47(50-46)41-27-26-39(38-20-11-17-31-14-7-8-18-37(31)38)44-43(41)40-19-9-10-21-42(40)51-44/h1,3-5,7-29,31,37H,2,6H2. The molecule has 0 saturated heterocycles. The predicted octanol–water partition coefficient (Wildman–Crippen LogP) is 12.0. The maximum Gasteiger partial charge on any atom is 0.164 e. The Kier molecular flexibility index (Phi) is 7.05. The van der Waals surface area contributed by atoms with Crippen LogP contribution in [0.1, 0.15) is 24.2 Å². The molecule has 3 aliphatic rings. The molecule has 2 aromatic heterocycles. The van der Waals surface area contributed by atoms with Crippen molar-refractivity contribution < 1.29 is 4.42 Å². The summed E-state index contributed by atoms with van der Waals surface area (Å²) in [7, 11) is 0. The van der Waals surface area contributed by atoms with Crippen LogP contribution in [0.4, 0.5) is 0 Å². The maximum absolute atomic E-state index is 6.73. The van der Waals surface area contributed by atoms with Crippen molar-refractivity contribution in [1.82, 2.24) is 15.0 Å². The van der Waals surface area contributed by atoms with Gasteiger partial charge in [-0.25, -0.2) is 15.0 Å². The summed E-state index contributed by atoms with van der Waals surface area (Å²) in [5.41, 5.74) is 9.36. The first-order valence-corrected chi connectivity index (χ1v) is 17.7. The lowest BCUT2D eigenvalue weighted by Gasteiger charge is -2.27. The van der Waals surface area contributed by atoms with E-state index in [1.54, 1.807) is 0 Å². The molecule has 0 spiro atoms. The van der Waals surface area contributed by atoms with Gasteiger partial charge >= 0.3 is 0 Å². The third-order valence-corrected chi connectivity index (χ3v) is 10.3. The summed E-state index contributed by atoms with van der Waals surface area (Å²) in [6.45, 7) is 0.